The van der Waals surface area contributed by atoms with Crippen molar-refractivity contribution in [2.24, 2.45) is 0 Å². The molecule has 0 amide bonds. The van der Waals surface area contributed by atoms with Gasteiger partial charge in [0.25, 0.3) is 0 Å². The van der Waals surface area contributed by atoms with Crippen molar-refractivity contribution in [2.75, 3.05) is 13.7 Å². The molecule has 1 rings (SSSR count). The van der Waals surface area contributed by atoms with Gasteiger partial charge in [-0.1, -0.05) is 32.6 Å². The molecule has 0 saturated carbocycles. The van der Waals surface area contributed by atoms with E-state index >= 15 is 0 Å². The van der Waals surface area contributed by atoms with Crippen molar-refractivity contribution in [2.45, 2.75) is 39.0 Å². The summed E-state index contributed by atoms with van der Waals surface area (Å²) in [5, 5.41) is 22.4. The number of rotatable bonds is 11. The Morgan fingerprint density at radius 2 is 1.79 bits per heavy atom. The van der Waals surface area contributed by atoms with Gasteiger partial charge in [0.2, 0.25) is 11.5 Å². The van der Waals surface area contributed by atoms with Gasteiger partial charge in [-0.3, -0.25) is 25.0 Å². The molecule has 9 nitrogen and oxygen atoms in total. The Morgan fingerprint density at radius 3 is 2.29 bits per heavy atom. The third-order valence-electron chi connectivity index (χ3n) is 3.44. The topological polar surface area (TPSA) is 122 Å². The minimum atomic E-state index is -0.819. The van der Waals surface area contributed by atoms with Gasteiger partial charge in [-0.05, 0) is 6.42 Å². The van der Waals surface area contributed by atoms with Crippen molar-refractivity contribution >= 4 is 17.7 Å². The number of carbonyl (C=O) groups is 1. The smallest absolute Gasteiger partial charge is 0.325 e. The molecule has 9 heteroatoms. The number of nitro groups is 2. The zero-order chi connectivity index (χ0) is 18.1. The number of ether oxygens (including phenoxy) is 2. The van der Waals surface area contributed by atoms with E-state index in [-0.39, 0.29) is 18.6 Å². The lowest BCUT2D eigenvalue weighted by Crippen LogP contribution is -2.07. The van der Waals surface area contributed by atoms with Crippen LogP contribution in [0, 0.1) is 20.2 Å². The lowest BCUT2D eigenvalue weighted by molar-refractivity contribution is -0.390. The summed E-state index contributed by atoms with van der Waals surface area (Å²) in [6.07, 6.45) is 4.84. The molecule has 0 fully saturated rings. The Balaban J connectivity index is 3.15. The molecule has 24 heavy (non-hydrogen) atoms. The van der Waals surface area contributed by atoms with Gasteiger partial charge in [0.05, 0.1) is 29.6 Å². The van der Waals surface area contributed by atoms with Gasteiger partial charge in [-0.25, -0.2) is 0 Å². The van der Waals surface area contributed by atoms with E-state index in [0.29, 0.717) is 6.42 Å². The van der Waals surface area contributed by atoms with Crippen molar-refractivity contribution < 1.29 is 24.1 Å². The third-order valence-corrected chi connectivity index (χ3v) is 3.44. The predicted octanol–water partition coefficient (Wildman–Crippen LogP) is 3.67. The van der Waals surface area contributed by atoms with Gasteiger partial charge in [0.1, 0.15) is 5.56 Å². The Labute approximate surface area is 138 Å². The number of hydrogen-bond acceptors (Lipinski definition) is 7. The molecule has 0 radical (unpaired) electrons. The maximum Gasteiger partial charge on any atom is 0.325 e. The molecule has 0 saturated heterocycles. The maximum absolute atomic E-state index is 11.3. The van der Waals surface area contributed by atoms with Crippen molar-refractivity contribution in [1.82, 2.24) is 0 Å². The standard InChI is InChI=1S/C15H20N2O7/c1-3-4-5-6-7-8-24-15-11(10-18)14(17(21)22)13(23-2)9-12(15)16(19)20/h9-10H,3-8H2,1-2H3. The average molecular weight is 340 g/mol. The molecule has 0 spiro atoms. The van der Waals surface area contributed by atoms with E-state index in [9.17, 15) is 25.0 Å². The number of nitro benzene ring substituents is 2. The molecule has 0 unspecified atom stereocenters. The Morgan fingerprint density at radius 1 is 1.12 bits per heavy atom. The molecule has 1 aromatic rings. The van der Waals surface area contributed by atoms with E-state index in [0.717, 1.165) is 38.9 Å². The number of hydrogen-bond donors (Lipinski definition) is 0. The van der Waals surface area contributed by atoms with Gasteiger partial charge in [0.15, 0.2) is 6.29 Å². The predicted molar refractivity (Wildman–Crippen MR) is 85.9 cm³/mol. The Kier molecular flexibility index (Phi) is 7.60. The lowest BCUT2D eigenvalue weighted by atomic mass is 10.1. The van der Waals surface area contributed by atoms with Crippen LogP contribution in [-0.4, -0.2) is 29.8 Å². The van der Waals surface area contributed by atoms with Crippen LogP contribution in [0.25, 0.3) is 0 Å². The highest BCUT2D eigenvalue weighted by molar-refractivity contribution is 5.90. The summed E-state index contributed by atoms with van der Waals surface area (Å²) in [6.45, 7) is 2.21. The van der Waals surface area contributed by atoms with E-state index in [4.69, 9.17) is 9.47 Å². The van der Waals surface area contributed by atoms with Crippen LogP contribution in [0.5, 0.6) is 11.5 Å². The summed E-state index contributed by atoms with van der Waals surface area (Å²) >= 11 is 0. The molecule has 0 aliphatic carbocycles. The number of methoxy groups -OCH3 is 1. The first-order valence-electron chi connectivity index (χ1n) is 7.59. The molecular weight excluding hydrogens is 320 g/mol. The first-order chi connectivity index (χ1) is 11.5. The van der Waals surface area contributed by atoms with Crippen LogP contribution in [0.2, 0.25) is 0 Å². The molecule has 1 aromatic carbocycles. The van der Waals surface area contributed by atoms with Crippen molar-refractivity contribution in [3.05, 3.63) is 31.9 Å². The van der Waals surface area contributed by atoms with E-state index < -0.39 is 32.5 Å². The van der Waals surface area contributed by atoms with E-state index in [2.05, 4.69) is 6.92 Å². The third kappa shape index (κ3) is 4.64. The highest BCUT2D eigenvalue weighted by atomic mass is 16.6. The van der Waals surface area contributed by atoms with Gasteiger partial charge >= 0.3 is 11.4 Å². The van der Waals surface area contributed by atoms with Crippen molar-refractivity contribution in [1.29, 1.82) is 0 Å². The largest absolute Gasteiger partial charge is 0.490 e. The summed E-state index contributed by atoms with van der Waals surface area (Å²) in [5.41, 5.74) is -1.66. The fraction of sp³-hybridized carbons (Fsp3) is 0.533. The van der Waals surface area contributed by atoms with Crippen molar-refractivity contribution in [3.63, 3.8) is 0 Å². The number of unbranched alkanes of at least 4 members (excludes halogenated alkanes) is 4. The van der Waals surface area contributed by atoms with Crippen LogP contribution in [0.1, 0.15) is 49.4 Å². The second-order valence-electron chi connectivity index (χ2n) is 5.08. The quantitative estimate of drug-likeness (QED) is 0.260. The van der Waals surface area contributed by atoms with Crippen LogP contribution in [-0.2, 0) is 0 Å². The molecule has 0 atom stereocenters. The zero-order valence-corrected chi connectivity index (χ0v) is 13.6. The second kappa shape index (κ2) is 9.43. The lowest BCUT2D eigenvalue weighted by Gasteiger charge is -2.11. The summed E-state index contributed by atoms with van der Waals surface area (Å²) < 4.78 is 10.2. The first-order valence-corrected chi connectivity index (χ1v) is 7.59. The van der Waals surface area contributed by atoms with Crippen LogP contribution in [0.15, 0.2) is 6.07 Å². The van der Waals surface area contributed by atoms with Gasteiger partial charge in [-0.15, -0.1) is 0 Å². The van der Waals surface area contributed by atoms with Gasteiger partial charge in [0, 0.05) is 0 Å². The highest BCUT2D eigenvalue weighted by Gasteiger charge is 2.33. The Bertz CT molecular complexity index is 616. The summed E-state index contributed by atoms with van der Waals surface area (Å²) in [6, 6.07) is 0.900. The highest BCUT2D eigenvalue weighted by Crippen LogP contribution is 2.43. The van der Waals surface area contributed by atoms with Gasteiger partial charge in [-0.2, -0.15) is 0 Å². The Hall–Kier alpha value is -2.71. The van der Waals surface area contributed by atoms with Crippen LogP contribution in [0.4, 0.5) is 11.4 Å². The normalized spacial score (nSPS) is 10.2. The monoisotopic (exact) mass is 340 g/mol. The zero-order valence-electron chi connectivity index (χ0n) is 13.6. The van der Waals surface area contributed by atoms with E-state index in [1.54, 1.807) is 0 Å². The fourth-order valence-electron chi connectivity index (χ4n) is 2.26. The molecule has 0 bridgehead atoms. The van der Waals surface area contributed by atoms with Gasteiger partial charge < -0.3 is 9.47 Å². The van der Waals surface area contributed by atoms with Crippen LogP contribution in [0.3, 0.4) is 0 Å². The summed E-state index contributed by atoms with van der Waals surface area (Å²) in [5.74, 6) is -0.748. The molecule has 0 N–H and O–H groups in total. The van der Waals surface area contributed by atoms with Crippen molar-refractivity contribution in [3.8, 4) is 11.5 Å². The second-order valence-corrected chi connectivity index (χ2v) is 5.08. The minimum Gasteiger partial charge on any atom is -0.490 e. The molecule has 0 aliphatic rings. The summed E-state index contributed by atoms with van der Waals surface area (Å²) in [7, 11) is 1.13. The fourth-order valence-corrected chi connectivity index (χ4v) is 2.26. The SMILES string of the molecule is CCCCCCCOc1c([N+](=O)[O-])cc(OC)c([N+](=O)[O-])c1C=O. The molecule has 0 heterocycles. The maximum atomic E-state index is 11.3. The number of carbonyl (C=O) groups excluding carboxylic acids is 1. The first kappa shape index (κ1) is 19.3. The van der Waals surface area contributed by atoms with Crippen LogP contribution >= 0.6 is 0 Å². The average Bonchev–Trinajstić information content (AvgIpc) is 2.56. The summed E-state index contributed by atoms with van der Waals surface area (Å²) in [4.78, 5) is 32.1. The molecule has 0 aromatic heterocycles. The number of aldehydes is 1. The van der Waals surface area contributed by atoms with Crippen LogP contribution < -0.4 is 9.47 Å². The van der Waals surface area contributed by atoms with E-state index in [1.165, 1.54) is 0 Å². The molecular formula is C15H20N2O7. The molecule has 0 aliphatic heterocycles. The molecule has 132 valence electrons. The number of nitrogens with zero attached hydrogens (tertiary/aromatic N) is 2. The minimum absolute atomic E-state index is 0.134. The number of benzene rings is 1. The van der Waals surface area contributed by atoms with E-state index in [1.807, 2.05) is 0 Å².